The van der Waals surface area contributed by atoms with Crippen LogP contribution in [-0.4, -0.2) is 69.0 Å². The van der Waals surface area contributed by atoms with Crippen molar-refractivity contribution in [1.29, 1.82) is 0 Å². The van der Waals surface area contributed by atoms with Crippen molar-refractivity contribution in [2.75, 3.05) is 24.4 Å². The van der Waals surface area contributed by atoms with Gasteiger partial charge in [0.05, 0.1) is 18.3 Å². The predicted octanol–water partition coefficient (Wildman–Crippen LogP) is 3.88. The monoisotopic (exact) mass is 573 g/mol. The highest BCUT2D eigenvalue weighted by molar-refractivity contribution is 6.00. The molecular weight excluding hydrogens is 540 g/mol. The molecule has 12 nitrogen and oxygen atoms in total. The van der Waals surface area contributed by atoms with Crippen molar-refractivity contribution in [3.05, 3.63) is 46.5 Å². The number of nitrogens with zero attached hydrogens (tertiary/aromatic N) is 5. The van der Waals surface area contributed by atoms with Gasteiger partial charge in [0.1, 0.15) is 28.5 Å². The smallest absolute Gasteiger partial charge is 0.415 e. The standard InChI is InChI=1S/C27H33F2N7O5/c1-26(2,3)41-25(39)34(4)21-11-20(31-18-7-6-10-35(24(18)38)15-12-27(28,29)13-15)33-22-16(14-30-36(21)22)23(37)32-17-8-9-19(17)40-5/h6-7,10-11,14-15,17,19H,8-9,12-13H2,1-5H3,(H,31,33)(H,32,37)/t17?,19-/m1/s1. The van der Waals surface area contributed by atoms with Crippen LogP contribution in [0.15, 0.2) is 35.4 Å². The van der Waals surface area contributed by atoms with Crippen LogP contribution in [0.1, 0.15) is 62.9 Å². The average Bonchev–Trinajstić information content (AvgIpc) is 3.29. The molecule has 220 valence electrons. The van der Waals surface area contributed by atoms with E-state index in [1.807, 2.05) is 0 Å². The topological polar surface area (TPSA) is 132 Å². The Morgan fingerprint density at radius 3 is 2.56 bits per heavy atom. The van der Waals surface area contributed by atoms with E-state index in [1.54, 1.807) is 33.9 Å². The first-order valence-corrected chi connectivity index (χ1v) is 13.3. The molecule has 0 spiro atoms. The van der Waals surface area contributed by atoms with Crippen molar-refractivity contribution in [1.82, 2.24) is 24.5 Å². The van der Waals surface area contributed by atoms with Crippen molar-refractivity contribution >= 4 is 35.0 Å². The highest BCUT2D eigenvalue weighted by Crippen LogP contribution is 2.44. The molecule has 2 aliphatic rings. The fraction of sp³-hybridized carbons (Fsp3) is 0.519. The number of methoxy groups -OCH3 is 1. The maximum atomic E-state index is 13.5. The van der Waals surface area contributed by atoms with Crippen LogP contribution >= 0.6 is 0 Å². The van der Waals surface area contributed by atoms with E-state index < -0.39 is 48.0 Å². The Hall–Kier alpha value is -4.07. The highest BCUT2D eigenvalue weighted by Gasteiger charge is 2.46. The first-order valence-electron chi connectivity index (χ1n) is 13.3. The van der Waals surface area contributed by atoms with Gasteiger partial charge in [-0.15, -0.1) is 0 Å². The van der Waals surface area contributed by atoms with Crippen molar-refractivity contribution in [3.63, 3.8) is 0 Å². The molecule has 2 saturated carbocycles. The normalized spacial score (nSPS) is 20.2. The maximum absolute atomic E-state index is 13.5. The van der Waals surface area contributed by atoms with Gasteiger partial charge in [-0.3, -0.25) is 14.5 Å². The van der Waals surface area contributed by atoms with E-state index in [0.717, 1.165) is 12.8 Å². The number of rotatable bonds is 7. The molecule has 41 heavy (non-hydrogen) atoms. The van der Waals surface area contributed by atoms with Gasteiger partial charge in [-0.05, 0) is 45.7 Å². The number of pyridine rings is 1. The lowest BCUT2D eigenvalue weighted by Crippen LogP contribution is -2.51. The van der Waals surface area contributed by atoms with E-state index in [9.17, 15) is 23.2 Å². The molecule has 0 saturated heterocycles. The van der Waals surface area contributed by atoms with Crippen LogP contribution in [0.2, 0.25) is 0 Å². The first-order chi connectivity index (χ1) is 19.3. The molecule has 3 aromatic rings. The summed E-state index contributed by atoms with van der Waals surface area (Å²) in [5.41, 5.74) is -0.911. The van der Waals surface area contributed by atoms with Crippen LogP contribution in [0.25, 0.3) is 5.65 Å². The Labute approximate surface area is 234 Å². The summed E-state index contributed by atoms with van der Waals surface area (Å²) in [7, 11) is 3.07. The summed E-state index contributed by atoms with van der Waals surface area (Å²) in [4.78, 5) is 45.1. The molecule has 2 fully saturated rings. The summed E-state index contributed by atoms with van der Waals surface area (Å²) in [6.45, 7) is 5.20. The third-order valence-corrected chi connectivity index (χ3v) is 7.24. The van der Waals surface area contributed by atoms with Crippen LogP contribution in [-0.2, 0) is 9.47 Å². The lowest BCUT2D eigenvalue weighted by Gasteiger charge is -2.36. The van der Waals surface area contributed by atoms with Gasteiger partial charge in [0, 0.05) is 45.3 Å². The number of halogens is 2. The molecule has 0 aliphatic heterocycles. The Bertz CT molecular complexity index is 1540. The van der Waals surface area contributed by atoms with Gasteiger partial charge in [-0.1, -0.05) is 0 Å². The van der Waals surface area contributed by atoms with E-state index in [-0.39, 0.29) is 40.7 Å². The number of hydrogen-bond donors (Lipinski definition) is 2. The molecule has 3 heterocycles. The van der Waals surface area contributed by atoms with Crippen LogP contribution in [0, 0.1) is 0 Å². The zero-order chi connectivity index (χ0) is 29.7. The van der Waals surface area contributed by atoms with Crippen molar-refractivity contribution in [2.45, 2.75) is 76.2 Å². The second-order valence-electron chi connectivity index (χ2n) is 11.4. The summed E-state index contributed by atoms with van der Waals surface area (Å²) >= 11 is 0. The fourth-order valence-corrected chi connectivity index (χ4v) is 4.85. The van der Waals surface area contributed by atoms with Crippen molar-refractivity contribution in [2.24, 2.45) is 0 Å². The van der Waals surface area contributed by atoms with E-state index in [0.29, 0.717) is 0 Å². The molecule has 3 aromatic heterocycles. The first kappa shape index (κ1) is 28.5. The summed E-state index contributed by atoms with van der Waals surface area (Å²) in [5, 5.41) is 10.2. The van der Waals surface area contributed by atoms with Crippen LogP contribution in [0.5, 0.6) is 0 Å². The van der Waals surface area contributed by atoms with Gasteiger partial charge in [-0.25, -0.2) is 18.6 Å². The minimum Gasteiger partial charge on any atom is -0.443 e. The minimum atomic E-state index is -2.79. The second kappa shape index (κ2) is 10.4. The number of fused-ring (bicyclic) bond motifs is 1. The zero-order valence-electron chi connectivity index (χ0n) is 23.5. The van der Waals surface area contributed by atoms with Crippen LogP contribution < -0.4 is 21.1 Å². The van der Waals surface area contributed by atoms with Crippen LogP contribution in [0.3, 0.4) is 0 Å². The number of amides is 2. The fourth-order valence-electron chi connectivity index (χ4n) is 4.85. The van der Waals surface area contributed by atoms with Gasteiger partial charge >= 0.3 is 6.09 Å². The Morgan fingerprint density at radius 2 is 1.95 bits per heavy atom. The lowest BCUT2D eigenvalue weighted by atomic mass is 9.88. The molecule has 5 rings (SSSR count). The lowest BCUT2D eigenvalue weighted by molar-refractivity contribution is -0.104. The molecule has 2 aliphatic carbocycles. The average molecular weight is 574 g/mol. The number of carbonyl (C=O) groups is 2. The summed E-state index contributed by atoms with van der Waals surface area (Å²) in [6, 6.07) is 3.79. The molecule has 2 atom stereocenters. The molecule has 2 amide bonds. The summed E-state index contributed by atoms with van der Waals surface area (Å²) < 4.78 is 40.4. The zero-order valence-corrected chi connectivity index (χ0v) is 23.5. The largest absolute Gasteiger partial charge is 0.443 e. The summed E-state index contributed by atoms with van der Waals surface area (Å²) in [5.74, 6) is -2.87. The third-order valence-electron chi connectivity index (χ3n) is 7.24. The molecule has 1 unspecified atom stereocenters. The SMILES string of the molecule is CO[C@@H]1CCC1NC(=O)c1cnn2c(N(C)C(=O)OC(C)(C)C)cc(Nc3cccn(C4CC(F)(F)C4)c3=O)nc12. The highest BCUT2D eigenvalue weighted by atomic mass is 19.3. The molecule has 0 bridgehead atoms. The minimum absolute atomic E-state index is 0.0873. The van der Waals surface area contributed by atoms with E-state index in [2.05, 4.69) is 20.7 Å². The quantitative estimate of drug-likeness (QED) is 0.435. The van der Waals surface area contributed by atoms with Gasteiger partial charge in [0.2, 0.25) is 0 Å². The van der Waals surface area contributed by atoms with Gasteiger partial charge in [0.15, 0.2) is 5.65 Å². The van der Waals surface area contributed by atoms with Crippen molar-refractivity contribution < 1.29 is 27.8 Å². The Balaban J connectivity index is 1.52. The van der Waals surface area contributed by atoms with Gasteiger partial charge in [0.25, 0.3) is 17.4 Å². The number of anilines is 3. The number of hydrogen-bond acceptors (Lipinski definition) is 8. The number of nitrogens with one attached hydrogen (secondary N) is 2. The maximum Gasteiger partial charge on any atom is 0.415 e. The number of carbonyl (C=O) groups excluding carboxylic acids is 2. The van der Waals surface area contributed by atoms with Gasteiger partial charge < -0.3 is 24.7 Å². The second-order valence-corrected chi connectivity index (χ2v) is 11.4. The third kappa shape index (κ3) is 5.73. The Morgan fingerprint density at radius 1 is 1.22 bits per heavy atom. The number of aromatic nitrogens is 4. The predicted molar refractivity (Wildman–Crippen MR) is 146 cm³/mol. The van der Waals surface area contributed by atoms with E-state index in [4.69, 9.17) is 9.47 Å². The molecule has 0 aromatic carbocycles. The molecule has 0 radical (unpaired) electrons. The van der Waals surface area contributed by atoms with E-state index in [1.165, 1.54) is 45.6 Å². The number of alkyl halides is 2. The van der Waals surface area contributed by atoms with E-state index >= 15 is 0 Å². The number of ether oxygens (including phenoxy) is 2. The van der Waals surface area contributed by atoms with Crippen molar-refractivity contribution in [3.8, 4) is 0 Å². The van der Waals surface area contributed by atoms with Gasteiger partial charge in [-0.2, -0.15) is 9.61 Å². The summed E-state index contributed by atoms with van der Waals surface area (Å²) in [6.07, 6.45) is 2.83. The van der Waals surface area contributed by atoms with Crippen LogP contribution in [0.4, 0.5) is 30.9 Å². The molecule has 14 heteroatoms. The Kier molecular flexibility index (Phi) is 7.22. The molecular formula is C27H33F2N7O5. The molecule has 2 N–H and O–H groups in total.